The number of aromatic amines is 1. The molecular formula is C21H16F3N5O. The Morgan fingerprint density at radius 3 is 2.73 bits per heavy atom. The lowest BCUT2D eigenvalue weighted by molar-refractivity contribution is 0.0734. The van der Waals surface area contributed by atoms with Crippen LogP contribution in [0.1, 0.15) is 21.6 Å². The molecule has 9 heteroatoms. The van der Waals surface area contributed by atoms with Crippen LogP contribution in [-0.4, -0.2) is 37.1 Å². The molecule has 152 valence electrons. The predicted octanol–water partition coefficient (Wildman–Crippen LogP) is 3.58. The molecule has 0 fully saturated rings. The number of carbonyl (C=O) groups is 1. The summed E-state index contributed by atoms with van der Waals surface area (Å²) in [5.41, 5.74) is 3.35. The summed E-state index contributed by atoms with van der Waals surface area (Å²) in [6, 6.07) is 5.53. The van der Waals surface area contributed by atoms with E-state index in [1.807, 2.05) is 6.07 Å². The van der Waals surface area contributed by atoms with Crippen LogP contribution in [0.5, 0.6) is 0 Å². The SMILES string of the molecule is Cn1nc2c(c1-c1cc(F)c(F)c(F)c1)CCN(C(=O)c1c[nH]c3ncccc13)C2. The zero-order chi connectivity index (χ0) is 21.0. The van der Waals surface area contributed by atoms with Crippen molar-refractivity contribution in [2.75, 3.05) is 6.54 Å². The molecule has 30 heavy (non-hydrogen) atoms. The number of hydrogen-bond donors (Lipinski definition) is 1. The molecule has 0 saturated carbocycles. The molecular weight excluding hydrogens is 395 g/mol. The fourth-order valence-electron chi connectivity index (χ4n) is 4.05. The first-order valence-corrected chi connectivity index (χ1v) is 9.35. The summed E-state index contributed by atoms with van der Waals surface area (Å²) in [6.45, 7) is 0.685. The highest BCUT2D eigenvalue weighted by Crippen LogP contribution is 2.32. The average molecular weight is 411 g/mol. The van der Waals surface area contributed by atoms with Gasteiger partial charge in [-0.15, -0.1) is 0 Å². The molecule has 0 spiro atoms. The predicted molar refractivity (Wildman–Crippen MR) is 103 cm³/mol. The van der Waals surface area contributed by atoms with Crippen molar-refractivity contribution >= 4 is 16.9 Å². The first kappa shape index (κ1) is 18.4. The molecule has 1 N–H and O–H groups in total. The van der Waals surface area contributed by atoms with Gasteiger partial charge in [0.05, 0.1) is 23.5 Å². The van der Waals surface area contributed by atoms with E-state index >= 15 is 0 Å². The zero-order valence-corrected chi connectivity index (χ0v) is 15.9. The molecule has 6 nitrogen and oxygen atoms in total. The maximum Gasteiger partial charge on any atom is 0.256 e. The molecule has 0 unspecified atom stereocenters. The van der Waals surface area contributed by atoms with Crippen molar-refractivity contribution in [1.82, 2.24) is 24.6 Å². The Balaban J connectivity index is 1.49. The number of fused-ring (bicyclic) bond motifs is 2. The van der Waals surface area contributed by atoms with E-state index in [4.69, 9.17) is 0 Å². The van der Waals surface area contributed by atoms with Crippen molar-refractivity contribution in [3.63, 3.8) is 0 Å². The molecule has 3 aromatic heterocycles. The number of pyridine rings is 1. The number of nitrogens with zero attached hydrogens (tertiary/aromatic N) is 4. The standard InChI is InChI=1S/C21H16F3N5O/c1-28-19(11-7-15(22)18(24)16(23)8-11)13-4-6-29(10-17(13)27-28)21(30)14-9-26-20-12(14)3-2-5-25-20/h2-3,5,7-9H,4,6,10H2,1H3,(H,25,26). The van der Waals surface area contributed by atoms with Crippen LogP contribution in [0, 0.1) is 17.5 Å². The Hall–Kier alpha value is -3.62. The normalized spacial score (nSPS) is 13.7. The summed E-state index contributed by atoms with van der Waals surface area (Å²) in [6.07, 6.45) is 3.76. The van der Waals surface area contributed by atoms with Gasteiger partial charge >= 0.3 is 0 Å². The van der Waals surface area contributed by atoms with Crippen molar-refractivity contribution in [2.24, 2.45) is 7.05 Å². The molecule has 1 amide bonds. The van der Waals surface area contributed by atoms with Gasteiger partial charge in [0, 0.05) is 42.5 Å². The maximum absolute atomic E-state index is 13.7. The first-order valence-electron chi connectivity index (χ1n) is 9.35. The number of aryl methyl sites for hydroxylation is 1. The first-order chi connectivity index (χ1) is 14.4. The number of aromatic nitrogens is 4. The molecule has 4 aromatic rings. The number of benzene rings is 1. The topological polar surface area (TPSA) is 66.8 Å². The number of amides is 1. The van der Waals surface area contributed by atoms with Gasteiger partial charge in [0.15, 0.2) is 17.5 Å². The second-order valence-corrected chi connectivity index (χ2v) is 7.23. The summed E-state index contributed by atoms with van der Waals surface area (Å²) >= 11 is 0. The molecule has 1 aromatic carbocycles. The minimum Gasteiger partial charge on any atom is -0.345 e. The van der Waals surface area contributed by atoms with Crippen molar-refractivity contribution in [3.05, 3.63) is 70.9 Å². The summed E-state index contributed by atoms with van der Waals surface area (Å²) < 4.78 is 42.4. The van der Waals surface area contributed by atoms with Gasteiger partial charge in [0.25, 0.3) is 5.91 Å². The number of nitrogens with one attached hydrogen (secondary N) is 1. The van der Waals surface area contributed by atoms with Gasteiger partial charge in [-0.2, -0.15) is 5.10 Å². The summed E-state index contributed by atoms with van der Waals surface area (Å²) in [4.78, 5) is 22.0. The third-order valence-corrected chi connectivity index (χ3v) is 5.43. The van der Waals surface area contributed by atoms with Crippen molar-refractivity contribution in [2.45, 2.75) is 13.0 Å². The lowest BCUT2D eigenvalue weighted by Gasteiger charge is -2.26. The quantitative estimate of drug-likeness (QED) is 0.513. The third-order valence-electron chi connectivity index (χ3n) is 5.43. The number of carbonyl (C=O) groups excluding carboxylic acids is 1. The van der Waals surface area contributed by atoms with Crippen LogP contribution in [0.2, 0.25) is 0 Å². The minimum atomic E-state index is -1.50. The van der Waals surface area contributed by atoms with Gasteiger partial charge in [-0.3, -0.25) is 9.48 Å². The number of hydrogen-bond acceptors (Lipinski definition) is 3. The van der Waals surface area contributed by atoms with Crippen LogP contribution in [0.4, 0.5) is 13.2 Å². The molecule has 4 heterocycles. The third kappa shape index (κ3) is 2.77. The molecule has 1 aliphatic rings. The van der Waals surface area contributed by atoms with Gasteiger partial charge in [0.1, 0.15) is 5.65 Å². The van der Waals surface area contributed by atoms with E-state index in [2.05, 4.69) is 15.1 Å². The van der Waals surface area contributed by atoms with Crippen LogP contribution < -0.4 is 0 Å². The Labute approximate surface area is 169 Å². The Kier molecular flexibility index (Phi) is 4.12. The summed E-state index contributed by atoms with van der Waals surface area (Å²) in [7, 11) is 1.66. The maximum atomic E-state index is 13.7. The minimum absolute atomic E-state index is 0.147. The molecule has 0 radical (unpaired) electrons. The van der Waals surface area contributed by atoms with Crippen molar-refractivity contribution in [1.29, 1.82) is 0 Å². The number of halogens is 3. The smallest absolute Gasteiger partial charge is 0.256 e. The summed E-state index contributed by atoms with van der Waals surface area (Å²) in [5, 5.41) is 5.19. The Morgan fingerprint density at radius 1 is 1.20 bits per heavy atom. The van der Waals surface area contributed by atoms with Crippen LogP contribution in [-0.2, 0) is 20.0 Å². The lowest BCUT2D eigenvalue weighted by atomic mass is 9.99. The highest BCUT2D eigenvalue weighted by molar-refractivity contribution is 6.05. The fourth-order valence-corrected chi connectivity index (χ4v) is 4.05. The van der Waals surface area contributed by atoms with E-state index in [-0.39, 0.29) is 18.0 Å². The Bertz CT molecular complexity index is 1290. The van der Waals surface area contributed by atoms with E-state index in [1.165, 1.54) is 4.68 Å². The largest absolute Gasteiger partial charge is 0.345 e. The number of H-pyrrole nitrogens is 1. The molecule has 0 bridgehead atoms. The van der Waals surface area contributed by atoms with E-state index in [0.717, 1.165) is 23.1 Å². The van der Waals surface area contributed by atoms with Gasteiger partial charge in [-0.25, -0.2) is 18.2 Å². The van der Waals surface area contributed by atoms with Crippen molar-refractivity contribution < 1.29 is 18.0 Å². The van der Waals surface area contributed by atoms with Crippen LogP contribution in [0.3, 0.4) is 0 Å². The van der Waals surface area contributed by atoms with E-state index in [9.17, 15) is 18.0 Å². The van der Waals surface area contributed by atoms with Crippen LogP contribution in [0.25, 0.3) is 22.3 Å². The zero-order valence-electron chi connectivity index (χ0n) is 15.9. The Morgan fingerprint density at radius 2 is 1.97 bits per heavy atom. The van der Waals surface area contributed by atoms with E-state index in [0.29, 0.717) is 35.6 Å². The highest BCUT2D eigenvalue weighted by Gasteiger charge is 2.29. The molecule has 1 aliphatic heterocycles. The van der Waals surface area contributed by atoms with Crippen LogP contribution in [0.15, 0.2) is 36.7 Å². The van der Waals surface area contributed by atoms with Gasteiger partial charge < -0.3 is 9.88 Å². The molecule has 0 saturated heterocycles. The lowest BCUT2D eigenvalue weighted by Crippen LogP contribution is -2.35. The van der Waals surface area contributed by atoms with Gasteiger partial charge in [-0.05, 0) is 30.7 Å². The average Bonchev–Trinajstić information content (AvgIpc) is 3.30. The summed E-state index contributed by atoms with van der Waals surface area (Å²) in [5.74, 6) is -4.15. The second kappa shape index (κ2) is 6.72. The molecule has 0 aliphatic carbocycles. The van der Waals surface area contributed by atoms with E-state index < -0.39 is 17.5 Å². The molecule has 0 atom stereocenters. The van der Waals surface area contributed by atoms with Crippen LogP contribution >= 0.6 is 0 Å². The number of rotatable bonds is 2. The van der Waals surface area contributed by atoms with E-state index in [1.54, 1.807) is 30.4 Å². The highest BCUT2D eigenvalue weighted by atomic mass is 19.2. The second-order valence-electron chi connectivity index (χ2n) is 7.23. The van der Waals surface area contributed by atoms with Crippen molar-refractivity contribution in [3.8, 4) is 11.3 Å². The fraction of sp³-hybridized carbons (Fsp3) is 0.190. The monoisotopic (exact) mass is 411 g/mol. The van der Waals surface area contributed by atoms with Gasteiger partial charge in [0.2, 0.25) is 0 Å². The van der Waals surface area contributed by atoms with Gasteiger partial charge in [-0.1, -0.05) is 0 Å². The molecule has 5 rings (SSSR count).